The number of pyridine rings is 1. The number of nitrogens with zero attached hydrogens (tertiary/aromatic N) is 1. The smallest absolute Gasteiger partial charge is 0.237 e. The second kappa shape index (κ2) is 8.67. The number of aryl methyl sites for hydroxylation is 1. The standard InChI is InChI=1S/C19H21N3O2S/c23-18(21-13-14-4-3-10-20-12-14)9-11-25-17-8-7-15-5-1-2-6-16(15)22-19(17)24/h1-6,10,12,17H,7-9,11,13H2,(H,21,23)(H,22,24)/t17-/m0/s1. The van der Waals surface area contributed by atoms with Gasteiger partial charge in [-0.15, -0.1) is 11.8 Å². The summed E-state index contributed by atoms with van der Waals surface area (Å²) < 4.78 is 0. The van der Waals surface area contributed by atoms with E-state index in [0.29, 0.717) is 18.7 Å². The fourth-order valence-corrected chi connectivity index (χ4v) is 3.82. The van der Waals surface area contributed by atoms with Crippen molar-refractivity contribution in [3.05, 3.63) is 59.9 Å². The zero-order valence-electron chi connectivity index (χ0n) is 13.9. The van der Waals surface area contributed by atoms with E-state index in [-0.39, 0.29) is 17.1 Å². The number of hydrogen-bond donors (Lipinski definition) is 2. The highest BCUT2D eigenvalue weighted by Gasteiger charge is 2.23. The molecule has 2 N–H and O–H groups in total. The number of carbonyl (C=O) groups is 2. The number of nitrogens with one attached hydrogen (secondary N) is 2. The van der Waals surface area contributed by atoms with Crippen molar-refractivity contribution in [3.63, 3.8) is 0 Å². The van der Waals surface area contributed by atoms with Crippen LogP contribution in [0.4, 0.5) is 5.69 Å². The molecule has 6 heteroatoms. The summed E-state index contributed by atoms with van der Waals surface area (Å²) in [6.07, 6.45) is 5.52. The minimum atomic E-state index is -0.112. The number of benzene rings is 1. The molecular formula is C19H21N3O2S. The highest BCUT2D eigenvalue weighted by atomic mass is 32.2. The van der Waals surface area contributed by atoms with Crippen LogP contribution < -0.4 is 10.6 Å². The molecule has 2 heterocycles. The average molecular weight is 355 g/mol. The summed E-state index contributed by atoms with van der Waals surface area (Å²) in [4.78, 5) is 28.3. The van der Waals surface area contributed by atoms with Gasteiger partial charge in [-0.3, -0.25) is 14.6 Å². The second-order valence-corrected chi connectivity index (χ2v) is 7.24. The van der Waals surface area contributed by atoms with Gasteiger partial charge in [0, 0.05) is 36.8 Å². The largest absolute Gasteiger partial charge is 0.352 e. The predicted molar refractivity (Wildman–Crippen MR) is 100 cm³/mol. The molecular weight excluding hydrogens is 334 g/mol. The summed E-state index contributed by atoms with van der Waals surface area (Å²) >= 11 is 1.55. The summed E-state index contributed by atoms with van der Waals surface area (Å²) in [5.74, 6) is 0.659. The van der Waals surface area contributed by atoms with Gasteiger partial charge in [0.15, 0.2) is 0 Å². The van der Waals surface area contributed by atoms with E-state index in [0.717, 1.165) is 24.1 Å². The Morgan fingerprint density at radius 1 is 1.28 bits per heavy atom. The molecule has 0 radical (unpaired) electrons. The third kappa shape index (κ3) is 5.06. The van der Waals surface area contributed by atoms with Gasteiger partial charge in [-0.1, -0.05) is 24.3 Å². The number of anilines is 1. The normalized spacial score (nSPS) is 16.5. The Labute approximate surface area is 151 Å². The highest BCUT2D eigenvalue weighted by Crippen LogP contribution is 2.27. The first kappa shape index (κ1) is 17.5. The minimum Gasteiger partial charge on any atom is -0.352 e. The molecule has 0 bridgehead atoms. The van der Waals surface area contributed by atoms with Crippen molar-refractivity contribution in [3.8, 4) is 0 Å². The summed E-state index contributed by atoms with van der Waals surface area (Å²) in [6.45, 7) is 0.483. The number of fused-ring (bicyclic) bond motifs is 1. The molecule has 1 atom stereocenters. The van der Waals surface area contributed by atoms with Crippen LogP contribution in [0, 0.1) is 0 Å². The molecule has 0 unspecified atom stereocenters. The Balaban J connectivity index is 1.41. The lowest BCUT2D eigenvalue weighted by Gasteiger charge is -2.12. The zero-order chi connectivity index (χ0) is 17.5. The Morgan fingerprint density at radius 2 is 2.16 bits per heavy atom. The summed E-state index contributed by atoms with van der Waals surface area (Å²) in [5, 5.41) is 5.76. The number of rotatable bonds is 6. The lowest BCUT2D eigenvalue weighted by Crippen LogP contribution is -2.26. The molecule has 0 saturated heterocycles. The molecule has 0 saturated carbocycles. The first-order valence-electron chi connectivity index (χ1n) is 8.38. The van der Waals surface area contributed by atoms with Crippen LogP contribution in [0.3, 0.4) is 0 Å². The van der Waals surface area contributed by atoms with E-state index in [4.69, 9.17) is 0 Å². The maximum Gasteiger partial charge on any atom is 0.237 e. The van der Waals surface area contributed by atoms with E-state index >= 15 is 0 Å². The van der Waals surface area contributed by atoms with Crippen molar-refractivity contribution in [2.75, 3.05) is 11.1 Å². The van der Waals surface area contributed by atoms with Crippen molar-refractivity contribution in [1.29, 1.82) is 0 Å². The van der Waals surface area contributed by atoms with Crippen molar-refractivity contribution in [2.45, 2.75) is 31.1 Å². The number of amides is 2. The van der Waals surface area contributed by atoms with E-state index in [1.54, 1.807) is 24.2 Å². The van der Waals surface area contributed by atoms with Crippen molar-refractivity contribution in [1.82, 2.24) is 10.3 Å². The molecule has 1 aliphatic rings. The topological polar surface area (TPSA) is 71.1 Å². The van der Waals surface area contributed by atoms with Crippen LogP contribution >= 0.6 is 11.8 Å². The van der Waals surface area contributed by atoms with Gasteiger partial charge in [0.05, 0.1) is 5.25 Å². The number of aromatic nitrogens is 1. The third-order valence-corrected chi connectivity index (χ3v) is 5.40. The third-order valence-electron chi connectivity index (χ3n) is 4.10. The van der Waals surface area contributed by atoms with E-state index in [1.165, 1.54) is 5.56 Å². The van der Waals surface area contributed by atoms with Gasteiger partial charge >= 0.3 is 0 Å². The molecule has 0 aliphatic carbocycles. The van der Waals surface area contributed by atoms with E-state index in [1.807, 2.05) is 30.3 Å². The lowest BCUT2D eigenvalue weighted by molar-refractivity contribution is -0.121. The van der Waals surface area contributed by atoms with Crippen LogP contribution in [-0.4, -0.2) is 27.8 Å². The Bertz CT molecular complexity index is 736. The molecule has 1 aromatic heterocycles. The van der Waals surface area contributed by atoms with Gasteiger partial charge in [0.1, 0.15) is 0 Å². The molecule has 3 rings (SSSR count). The van der Waals surface area contributed by atoms with E-state index in [9.17, 15) is 9.59 Å². The maximum atomic E-state index is 12.3. The molecule has 0 spiro atoms. The Hall–Kier alpha value is -2.34. The Kier molecular flexibility index (Phi) is 6.06. The predicted octanol–water partition coefficient (Wildman–Crippen LogP) is 2.77. The first-order valence-corrected chi connectivity index (χ1v) is 9.43. The van der Waals surface area contributed by atoms with E-state index < -0.39 is 0 Å². The fourth-order valence-electron chi connectivity index (χ4n) is 2.74. The summed E-state index contributed by atoms with van der Waals surface area (Å²) in [6, 6.07) is 11.7. The van der Waals surface area contributed by atoms with Crippen LogP contribution in [-0.2, 0) is 22.6 Å². The van der Waals surface area contributed by atoms with Crippen molar-refractivity contribution in [2.24, 2.45) is 0 Å². The van der Waals surface area contributed by atoms with Gasteiger partial charge in [0.2, 0.25) is 11.8 Å². The Morgan fingerprint density at radius 3 is 3.00 bits per heavy atom. The van der Waals surface area contributed by atoms with Crippen LogP contribution in [0.2, 0.25) is 0 Å². The van der Waals surface area contributed by atoms with Gasteiger partial charge in [-0.05, 0) is 36.1 Å². The summed E-state index contributed by atoms with van der Waals surface area (Å²) in [5.41, 5.74) is 3.06. The number of thioether (sulfide) groups is 1. The van der Waals surface area contributed by atoms with Crippen LogP contribution in [0.15, 0.2) is 48.8 Å². The molecule has 25 heavy (non-hydrogen) atoms. The second-order valence-electron chi connectivity index (χ2n) is 5.93. The monoisotopic (exact) mass is 355 g/mol. The molecule has 5 nitrogen and oxygen atoms in total. The van der Waals surface area contributed by atoms with E-state index in [2.05, 4.69) is 21.7 Å². The quantitative estimate of drug-likeness (QED) is 0.836. The van der Waals surface area contributed by atoms with Crippen molar-refractivity contribution >= 4 is 29.3 Å². The number of hydrogen-bond acceptors (Lipinski definition) is 4. The van der Waals surface area contributed by atoms with Gasteiger partial charge in [0.25, 0.3) is 0 Å². The number of para-hydroxylation sites is 1. The van der Waals surface area contributed by atoms with Crippen molar-refractivity contribution < 1.29 is 9.59 Å². The molecule has 2 aromatic rings. The average Bonchev–Trinajstić information content (AvgIpc) is 2.80. The molecule has 2 amide bonds. The molecule has 130 valence electrons. The van der Waals surface area contributed by atoms with Crippen LogP contribution in [0.25, 0.3) is 0 Å². The lowest BCUT2D eigenvalue weighted by atomic mass is 10.1. The maximum absolute atomic E-state index is 12.3. The summed E-state index contributed by atoms with van der Waals surface area (Å²) in [7, 11) is 0. The molecule has 1 aromatic carbocycles. The van der Waals surface area contributed by atoms with Gasteiger partial charge in [-0.25, -0.2) is 0 Å². The fraction of sp³-hybridized carbons (Fsp3) is 0.316. The minimum absolute atomic E-state index is 0.00586. The molecule has 1 aliphatic heterocycles. The molecule has 0 fully saturated rings. The first-order chi connectivity index (χ1) is 12.2. The highest BCUT2D eigenvalue weighted by molar-refractivity contribution is 8.00. The number of carbonyl (C=O) groups excluding carboxylic acids is 2. The SMILES string of the molecule is O=C(CCS[C@H]1CCc2ccccc2NC1=O)NCc1cccnc1. The van der Waals surface area contributed by atoms with Gasteiger partial charge in [-0.2, -0.15) is 0 Å². The zero-order valence-corrected chi connectivity index (χ0v) is 14.7. The van der Waals surface area contributed by atoms with Gasteiger partial charge < -0.3 is 10.6 Å². The van der Waals surface area contributed by atoms with Crippen LogP contribution in [0.1, 0.15) is 24.0 Å². The van der Waals surface area contributed by atoms with Crippen LogP contribution in [0.5, 0.6) is 0 Å².